The molecule has 7 heteroatoms. The van der Waals surface area contributed by atoms with Gasteiger partial charge in [0.1, 0.15) is 6.04 Å². The lowest BCUT2D eigenvalue weighted by Gasteiger charge is -2.29. The highest BCUT2D eigenvalue weighted by Gasteiger charge is 2.42. The van der Waals surface area contributed by atoms with Crippen LogP contribution in [0.5, 0.6) is 0 Å². The Kier molecular flexibility index (Phi) is 4.87. The maximum absolute atomic E-state index is 12.8. The van der Waals surface area contributed by atoms with Gasteiger partial charge in [-0.1, -0.05) is 12.1 Å². The number of rotatable bonds is 5. The monoisotopic (exact) mass is 396 g/mol. The summed E-state index contributed by atoms with van der Waals surface area (Å²) in [5.74, 6) is 0.945. The molecule has 2 saturated heterocycles. The van der Waals surface area contributed by atoms with Gasteiger partial charge in [-0.2, -0.15) is 0 Å². The van der Waals surface area contributed by atoms with Crippen LogP contribution >= 0.6 is 0 Å². The molecule has 1 aromatic rings. The lowest BCUT2D eigenvalue weighted by Crippen LogP contribution is -2.52. The summed E-state index contributed by atoms with van der Waals surface area (Å²) < 4.78 is 0. The molecule has 0 aromatic heterocycles. The molecule has 154 valence electrons. The normalized spacial score (nSPS) is 29.7. The van der Waals surface area contributed by atoms with Crippen molar-refractivity contribution >= 4 is 17.7 Å². The molecule has 0 bridgehead atoms. The second-order valence-corrected chi connectivity index (χ2v) is 8.87. The second kappa shape index (κ2) is 7.54. The molecule has 1 unspecified atom stereocenters. The molecular formula is C22H28N4O3. The zero-order chi connectivity index (χ0) is 20.0. The number of imide groups is 1. The molecule has 3 atom stereocenters. The fraction of sp³-hybridized carbons (Fsp3) is 0.591. The maximum atomic E-state index is 12.8. The molecule has 3 heterocycles. The van der Waals surface area contributed by atoms with E-state index in [-0.39, 0.29) is 24.1 Å². The molecule has 0 radical (unpaired) electrons. The van der Waals surface area contributed by atoms with E-state index < -0.39 is 6.04 Å². The molecule has 3 N–H and O–H groups in total. The highest BCUT2D eigenvalue weighted by atomic mass is 16.2. The molecule has 0 spiro atoms. The van der Waals surface area contributed by atoms with Gasteiger partial charge in [0, 0.05) is 31.1 Å². The molecule has 5 rings (SSSR count). The Morgan fingerprint density at radius 1 is 1.10 bits per heavy atom. The van der Waals surface area contributed by atoms with Gasteiger partial charge in [-0.15, -0.1) is 0 Å². The molecule has 29 heavy (non-hydrogen) atoms. The molecule has 1 aliphatic carbocycles. The summed E-state index contributed by atoms with van der Waals surface area (Å²) in [4.78, 5) is 37.9. The number of hydrogen-bond donors (Lipinski definition) is 3. The fourth-order valence-corrected chi connectivity index (χ4v) is 5.23. The smallest absolute Gasteiger partial charge is 0.255 e. The first-order valence-electron chi connectivity index (χ1n) is 10.8. The Morgan fingerprint density at radius 2 is 1.93 bits per heavy atom. The van der Waals surface area contributed by atoms with Crippen LogP contribution in [-0.2, 0) is 22.7 Å². The fourth-order valence-electron chi connectivity index (χ4n) is 5.23. The van der Waals surface area contributed by atoms with Crippen LogP contribution in [0, 0.1) is 11.8 Å². The van der Waals surface area contributed by atoms with Crippen molar-refractivity contribution in [3.8, 4) is 0 Å². The van der Waals surface area contributed by atoms with E-state index in [9.17, 15) is 14.4 Å². The minimum absolute atomic E-state index is 0.109. The minimum Gasteiger partial charge on any atom is -0.322 e. The van der Waals surface area contributed by atoms with Gasteiger partial charge in [-0.3, -0.25) is 19.7 Å². The topological polar surface area (TPSA) is 90.5 Å². The molecule has 3 fully saturated rings. The van der Waals surface area contributed by atoms with Gasteiger partial charge in [0.25, 0.3) is 5.91 Å². The number of piperidine rings is 2. The van der Waals surface area contributed by atoms with Gasteiger partial charge in [0.15, 0.2) is 0 Å². The Balaban J connectivity index is 1.19. The van der Waals surface area contributed by atoms with Gasteiger partial charge in [-0.25, -0.2) is 0 Å². The average Bonchev–Trinajstić information content (AvgIpc) is 3.44. The highest BCUT2D eigenvalue weighted by Crippen LogP contribution is 2.41. The minimum atomic E-state index is -0.550. The predicted molar refractivity (Wildman–Crippen MR) is 107 cm³/mol. The number of nitrogens with zero attached hydrogens (tertiary/aromatic N) is 1. The molecule has 3 aliphatic heterocycles. The number of benzene rings is 1. The average molecular weight is 396 g/mol. The molecule has 4 aliphatic rings. The van der Waals surface area contributed by atoms with Crippen LogP contribution in [0.3, 0.4) is 0 Å². The number of carbonyl (C=O) groups excluding carboxylic acids is 3. The van der Waals surface area contributed by atoms with E-state index in [0.29, 0.717) is 24.6 Å². The number of amides is 3. The first-order valence-corrected chi connectivity index (χ1v) is 10.8. The van der Waals surface area contributed by atoms with Crippen molar-refractivity contribution in [1.29, 1.82) is 0 Å². The Labute approximate surface area is 170 Å². The Hall–Kier alpha value is -2.25. The molecule has 7 nitrogen and oxygen atoms in total. The van der Waals surface area contributed by atoms with Gasteiger partial charge in [0.05, 0.1) is 0 Å². The third kappa shape index (κ3) is 3.69. The van der Waals surface area contributed by atoms with Crippen LogP contribution in [0.25, 0.3) is 0 Å². The van der Waals surface area contributed by atoms with Crippen molar-refractivity contribution < 1.29 is 14.4 Å². The SMILES string of the molecule is O=C1CCC(N2Cc3cc(CN[C@@H]4C[C@H]4C4CCNCC4)ccc3C2=O)C(=O)N1. The summed E-state index contributed by atoms with van der Waals surface area (Å²) in [5.41, 5.74) is 2.83. The van der Waals surface area contributed by atoms with E-state index in [1.54, 1.807) is 4.90 Å². The van der Waals surface area contributed by atoms with Crippen LogP contribution in [-0.4, -0.2) is 47.8 Å². The van der Waals surface area contributed by atoms with Gasteiger partial charge in [0.2, 0.25) is 11.8 Å². The van der Waals surface area contributed by atoms with Crippen molar-refractivity contribution in [2.24, 2.45) is 11.8 Å². The molecule has 1 saturated carbocycles. The summed E-state index contributed by atoms with van der Waals surface area (Å²) >= 11 is 0. The largest absolute Gasteiger partial charge is 0.322 e. The van der Waals surface area contributed by atoms with E-state index in [4.69, 9.17) is 0 Å². The summed E-state index contributed by atoms with van der Waals surface area (Å²) in [6.45, 7) is 3.55. The van der Waals surface area contributed by atoms with Crippen LogP contribution in [0.2, 0.25) is 0 Å². The first kappa shape index (κ1) is 18.8. The van der Waals surface area contributed by atoms with Crippen LogP contribution < -0.4 is 16.0 Å². The van der Waals surface area contributed by atoms with E-state index in [2.05, 4.69) is 22.0 Å². The quantitative estimate of drug-likeness (QED) is 0.644. The summed E-state index contributed by atoms with van der Waals surface area (Å²) in [6.07, 6.45) is 4.54. The van der Waals surface area contributed by atoms with Crippen molar-refractivity contribution in [2.45, 2.75) is 57.3 Å². The van der Waals surface area contributed by atoms with Crippen molar-refractivity contribution in [1.82, 2.24) is 20.9 Å². The van der Waals surface area contributed by atoms with Crippen molar-refractivity contribution in [2.75, 3.05) is 13.1 Å². The molecular weight excluding hydrogens is 368 g/mol. The summed E-state index contributed by atoms with van der Waals surface area (Å²) in [5, 5.41) is 9.47. The zero-order valence-corrected chi connectivity index (χ0v) is 16.6. The van der Waals surface area contributed by atoms with E-state index in [0.717, 1.165) is 37.0 Å². The number of carbonyl (C=O) groups is 3. The second-order valence-electron chi connectivity index (χ2n) is 8.87. The van der Waals surface area contributed by atoms with Crippen molar-refractivity contribution in [3.63, 3.8) is 0 Å². The number of hydrogen-bond acceptors (Lipinski definition) is 5. The summed E-state index contributed by atoms with van der Waals surface area (Å²) in [7, 11) is 0. The first-order chi connectivity index (χ1) is 14.1. The third-order valence-corrected chi connectivity index (χ3v) is 6.99. The lowest BCUT2D eigenvalue weighted by atomic mass is 9.93. The standard InChI is InChI=1S/C22H28N4O3/c27-20-4-3-19(21(28)25-20)26-12-15-9-13(1-2-16(15)22(26)29)11-24-18-10-17(18)14-5-7-23-8-6-14/h1-2,9,14,17-19,23-24H,3-8,10-12H2,(H,25,27,28)/t17-,18+,19?/m0/s1. The van der Waals surface area contributed by atoms with E-state index in [1.165, 1.54) is 24.8 Å². The lowest BCUT2D eigenvalue weighted by molar-refractivity contribution is -0.136. The zero-order valence-electron chi connectivity index (χ0n) is 16.6. The molecule has 3 amide bonds. The summed E-state index contributed by atoms with van der Waals surface area (Å²) in [6, 6.07) is 6.06. The highest BCUT2D eigenvalue weighted by molar-refractivity contribution is 6.05. The maximum Gasteiger partial charge on any atom is 0.255 e. The van der Waals surface area contributed by atoms with E-state index in [1.807, 2.05) is 12.1 Å². The van der Waals surface area contributed by atoms with Gasteiger partial charge >= 0.3 is 0 Å². The third-order valence-electron chi connectivity index (χ3n) is 6.99. The van der Waals surface area contributed by atoms with Crippen molar-refractivity contribution in [3.05, 3.63) is 34.9 Å². The van der Waals surface area contributed by atoms with Crippen LogP contribution in [0.1, 0.15) is 53.6 Å². The van der Waals surface area contributed by atoms with E-state index >= 15 is 0 Å². The number of fused-ring (bicyclic) bond motifs is 1. The number of nitrogens with one attached hydrogen (secondary N) is 3. The Bertz CT molecular complexity index is 848. The predicted octanol–water partition coefficient (Wildman–Crippen LogP) is 0.925. The Morgan fingerprint density at radius 3 is 2.72 bits per heavy atom. The van der Waals surface area contributed by atoms with Gasteiger partial charge < -0.3 is 15.5 Å². The van der Waals surface area contributed by atoms with Crippen LogP contribution in [0.4, 0.5) is 0 Å². The van der Waals surface area contributed by atoms with Gasteiger partial charge in [-0.05, 0) is 67.8 Å². The van der Waals surface area contributed by atoms with Crippen LogP contribution in [0.15, 0.2) is 18.2 Å². The molecule has 1 aromatic carbocycles.